The maximum Gasteiger partial charge on any atom is 0.310 e. The predicted octanol–water partition coefficient (Wildman–Crippen LogP) is 2.35. The molecule has 0 amide bonds. The summed E-state index contributed by atoms with van der Waals surface area (Å²) in [7, 11) is 0. The molecule has 0 aliphatic carbocycles. The van der Waals surface area contributed by atoms with E-state index in [1.54, 1.807) is 0 Å². The molecule has 0 saturated carbocycles. The van der Waals surface area contributed by atoms with E-state index in [1.807, 2.05) is 6.92 Å². The second-order valence-corrected chi connectivity index (χ2v) is 7.70. The first-order chi connectivity index (χ1) is 12.6. The van der Waals surface area contributed by atoms with Gasteiger partial charge in [0.25, 0.3) is 0 Å². The molecule has 2 aliphatic heterocycles. The summed E-state index contributed by atoms with van der Waals surface area (Å²) in [6.45, 7) is 13.7. The van der Waals surface area contributed by atoms with Crippen LogP contribution in [0.25, 0.3) is 0 Å². The Morgan fingerprint density at radius 2 is 1.96 bits per heavy atom. The summed E-state index contributed by atoms with van der Waals surface area (Å²) in [5.41, 5.74) is 0. The molecular formula is C20H38N4O2. The van der Waals surface area contributed by atoms with Crippen LogP contribution in [0.1, 0.15) is 52.9 Å². The third-order valence-electron chi connectivity index (χ3n) is 5.25. The Morgan fingerprint density at radius 1 is 1.19 bits per heavy atom. The fourth-order valence-corrected chi connectivity index (χ4v) is 3.93. The van der Waals surface area contributed by atoms with Crippen molar-refractivity contribution >= 4 is 11.9 Å². The van der Waals surface area contributed by atoms with Crippen LogP contribution in [0.2, 0.25) is 0 Å². The molecule has 2 atom stereocenters. The lowest BCUT2D eigenvalue weighted by atomic mass is 9.98. The molecule has 6 nitrogen and oxygen atoms in total. The molecule has 0 aromatic rings. The van der Waals surface area contributed by atoms with Crippen LogP contribution in [0.4, 0.5) is 0 Å². The van der Waals surface area contributed by atoms with E-state index >= 15 is 0 Å². The maximum absolute atomic E-state index is 12.1. The number of rotatable bonds is 7. The van der Waals surface area contributed by atoms with E-state index in [9.17, 15) is 4.79 Å². The molecule has 2 heterocycles. The number of piperidine rings is 2. The van der Waals surface area contributed by atoms with Crippen LogP contribution < -0.4 is 5.32 Å². The monoisotopic (exact) mass is 366 g/mol. The van der Waals surface area contributed by atoms with Gasteiger partial charge in [-0.2, -0.15) is 0 Å². The SMILES string of the molecule is CCNC(=NCC(C)CN1CCCCC1)N1CCCC(C(=O)OCC)C1. The maximum atomic E-state index is 12.1. The topological polar surface area (TPSA) is 57.2 Å². The number of carbonyl (C=O) groups is 1. The van der Waals surface area contributed by atoms with Gasteiger partial charge in [-0.05, 0) is 58.5 Å². The minimum Gasteiger partial charge on any atom is -0.466 e. The molecule has 2 rings (SSSR count). The number of nitrogens with zero attached hydrogens (tertiary/aromatic N) is 3. The normalized spacial score (nSPS) is 23.6. The Balaban J connectivity index is 1.88. The fraction of sp³-hybridized carbons (Fsp3) is 0.900. The molecule has 26 heavy (non-hydrogen) atoms. The van der Waals surface area contributed by atoms with E-state index in [2.05, 4.69) is 29.0 Å². The quantitative estimate of drug-likeness (QED) is 0.426. The molecule has 0 aromatic heterocycles. The van der Waals surface area contributed by atoms with Crippen molar-refractivity contribution < 1.29 is 9.53 Å². The van der Waals surface area contributed by atoms with Crippen molar-refractivity contribution in [1.82, 2.24) is 15.1 Å². The Labute approximate surface area is 159 Å². The molecule has 1 N–H and O–H groups in total. The van der Waals surface area contributed by atoms with E-state index in [1.165, 1.54) is 32.4 Å². The van der Waals surface area contributed by atoms with Gasteiger partial charge in [-0.3, -0.25) is 9.79 Å². The Morgan fingerprint density at radius 3 is 2.65 bits per heavy atom. The number of guanidine groups is 1. The van der Waals surface area contributed by atoms with Crippen LogP contribution >= 0.6 is 0 Å². The molecular weight excluding hydrogens is 328 g/mol. The molecule has 2 fully saturated rings. The van der Waals surface area contributed by atoms with Crippen molar-refractivity contribution in [1.29, 1.82) is 0 Å². The summed E-state index contributed by atoms with van der Waals surface area (Å²) in [4.78, 5) is 21.8. The Bertz CT molecular complexity index is 449. The zero-order valence-corrected chi connectivity index (χ0v) is 17.0. The second-order valence-electron chi connectivity index (χ2n) is 7.70. The van der Waals surface area contributed by atoms with Gasteiger partial charge < -0.3 is 19.9 Å². The summed E-state index contributed by atoms with van der Waals surface area (Å²) in [6, 6.07) is 0. The summed E-state index contributed by atoms with van der Waals surface area (Å²) in [5, 5.41) is 3.41. The first-order valence-electron chi connectivity index (χ1n) is 10.6. The van der Waals surface area contributed by atoms with Crippen molar-refractivity contribution in [3.63, 3.8) is 0 Å². The summed E-state index contributed by atoms with van der Waals surface area (Å²) in [6.07, 6.45) is 5.98. The number of hydrogen-bond acceptors (Lipinski definition) is 4. The number of nitrogens with one attached hydrogen (secondary N) is 1. The van der Waals surface area contributed by atoms with E-state index in [0.29, 0.717) is 19.1 Å². The smallest absolute Gasteiger partial charge is 0.310 e. The molecule has 6 heteroatoms. The number of aliphatic imine (C=N–C) groups is 1. The summed E-state index contributed by atoms with van der Waals surface area (Å²) >= 11 is 0. The number of esters is 1. The van der Waals surface area contributed by atoms with Crippen LogP contribution in [0.3, 0.4) is 0 Å². The first-order valence-corrected chi connectivity index (χ1v) is 10.6. The molecule has 2 saturated heterocycles. The predicted molar refractivity (Wildman–Crippen MR) is 106 cm³/mol. The highest BCUT2D eigenvalue weighted by Crippen LogP contribution is 2.18. The van der Waals surface area contributed by atoms with E-state index < -0.39 is 0 Å². The second kappa shape index (κ2) is 11.4. The standard InChI is InChI=1S/C20H38N4O2/c1-4-21-20(22-14-17(3)15-23-11-7-6-8-12-23)24-13-9-10-18(16-24)19(25)26-5-2/h17-18H,4-16H2,1-3H3,(H,21,22). The zero-order chi connectivity index (χ0) is 18.8. The lowest BCUT2D eigenvalue weighted by Gasteiger charge is -2.34. The van der Waals surface area contributed by atoms with E-state index in [4.69, 9.17) is 9.73 Å². The molecule has 0 aromatic carbocycles. The third-order valence-corrected chi connectivity index (χ3v) is 5.25. The minimum atomic E-state index is -0.0634. The summed E-state index contributed by atoms with van der Waals surface area (Å²) < 4.78 is 5.22. The van der Waals surface area contributed by atoms with Gasteiger partial charge in [-0.25, -0.2) is 0 Å². The Kier molecular flexibility index (Phi) is 9.23. The number of carbonyl (C=O) groups excluding carboxylic acids is 1. The highest BCUT2D eigenvalue weighted by molar-refractivity contribution is 5.81. The van der Waals surface area contributed by atoms with Gasteiger partial charge in [0.1, 0.15) is 0 Å². The van der Waals surface area contributed by atoms with Crippen molar-refractivity contribution in [2.75, 3.05) is 52.4 Å². The van der Waals surface area contributed by atoms with E-state index in [0.717, 1.165) is 45.0 Å². The number of likely N-dealkylation sites (tertiary alicyclic amines) is 2. The van der Waals surface area contributed by atoms with Crippen LogP contribution in [-0.2, 0) is 9.53 Å². The van der Waals surface area contributed by atoms with Gasteiger partial charge in [0.15, 0.2) is 5.96 Å². The average molecular weight is 367 g/mol. The molecule has 0 radical (unpaired) electrons. The van der Waals surface area contributed by atoms with Crippen LogP contribution in [0.5, 0.6) is 0 Å². The first kappa shape index (κ1) is 21.0. The Hall–Kier alpha value is -1.30. The highest BCUT2D eigenvalue weighted by atomic mass is 16.5. The largest absolute Gasteiger partial charge is 0.466 e. The average Bonchev–Trinajstić information content (AvgIpc) is 2.66. The van der Waals surface area contributed by atoms with Gasteiger partial charge in [0, 0.05) is 32.7 Å². The van der Waals surface area contributed by atoms with Gasteiger partial charge in [0.2, 0.25) is 0 Å². The van der Waals surface area contributed by atoms with Crippen LogP contribution in [0.15, 0.2) is 4.99 Å². The van der Waals surface area contributed by atoms with E-state index in [-0.39, 0.29) is 11.9 Å². The fourth-order valence-electron chi connectivity index (χ4n) is 3.93. The minimum absolute atomic E-state index is 0.0293. The lowest BCUT2D eigenvalue weighted by molar-refractivity contribution is -0.149. The third kappa shape index (κ3) is 6.78. The van der Waals surface area contributed by atoms with Crippen LogP contribution in [-0.4, -0.2) is 74.1 Å². The molecule has 150 valence electrons. The molecule has 2 aliphatic rings. The molecule has 2 unspecified atom stereocenters. The summed E-state index contributed by atoms with van der Waals surface area (Å²) in [5.74, 6) is 1.41. The van der Waals surface area contributed by atoms with Crippen molar-refractivity contribution in [3.05, 3.63) is 0 Å². The van der Waals surface area contributed by atoms with Gasteiger partial charge in [-0.1, -0.05) is 13.3 Å². The van der Waals surface area contributed by atoms with Crippen LogP contribution in [0, 0.1) is 11.8 Å². The lowest BCUT2D eigenvalue weighted by Crippen LogP contribution is -2.48. The zero-order valence-electron chi connectivity index (χ0n) is 17.0. The van der Waals surface area contributed by atoms with Crippen molar-refractivity contribution in [2.45, 2.75) is 52.9 Å². The number of ether oxygens (including phenoxy) is 1. The molecule has 0 spiro atoms. The molecule has 0 bridgehead atoms. The van der Waals surface area contributed by atoms with Crippen molar-refractivity contribution in [3.8, 4) is 0 Å². The van der Waals surface area contributed by atoms with Crippen molar-refractivity contribution in [2.24, 2.45) is 16.8 Å². The van der Waals surface area contributed by atoms with Gasteiger partial charge >= 0.3 is 5.97 Å². The van der Waals surface area contributed by atoms with Gasteiger partial charge in [0.05, 0.1) is 12.5 Å². The highest BCUT2D eigenvalue weighted by Gasteiger charge is 2.28. The number of hydrogen-bond donors (Lipinski definition) is 1. The van der Waals surface area contributed by atoms with Gasteiger partial charge in [-0.15, -0.1) is 0 Å².